The van der Waals surface area contributed by atoms with Gasteiger partial charge in [0.15, 0.2) is 0 Å². The largest absolute Gasteiger partial charge is 0.457 e. The smallest absolute Gasteiger partial charge is 0.338 e. The summed E-state index contributed by atoms with van der Waals surface area (Å²) in [6, 6.07) is 14.9. The standard InChI is InChI=1S/C19H18BrNO3/c20-17-5-2-1-4-16(17)13-24-19(23)15-9-7-14(8-10-15)12-21-11-3-6-18(21)22/h1-2,4-5,7-10H,3,6,11-13H2. The zero-order chi connectivity index (χ0) is 16.9. The number of carbonyl (C=O) groups excluding carboxylic acids is 2. The zero-order valence-electron chi connectivity index (χ0n) is 13.2. The molecular formula is C19H18BrNO3. The normalized spacial score (nSPS) is 14.0. The number of nitrogens with zero attached hydrogens (tertiary/aromatic N) is 1. The van der Waals surface area contributed by atoms with Crippen molar-refractivity contribution in [3.8, 4) is 0 Å². The SMILES string of the molecule is O=C(OCc1ccccc1Br)c1ccc(CN2CCCC2=O)cc1. The average molecular weight is 388 g/mol. The Bertz CT molecular complexity index is 743. The fourth-order valence-corrected chi connectivity index (χ4v) is 3.08. The van der Waals surface area contributed by atoms with Crippen molar-refractivity contribution in [2.45, 2.75) is 26.0 Å². The minimum absolute atomic E-state index is 0.201. The van der Waals surface area contributed by atoms with Crippen LogP contribution in [0.2, 0.25) is 0 Å². The lowest BCUT2D eigenvalue weighted by Gasteiger charge is -2.15. The first-order chi connectivity index (χ1) is 11.6. The highest BCUT2D eigenvalue weighted by Crippen LogP contribution is 2.18. The second kappa shape index (κ2) is 7.62. The van der Waals surface area contributed by atoms with Crippen LogP contribution in [0.15, 0.2) is 53.0 Å². The van der Waals surface area contributed by atoms with Gasteiger partial charge in [-0.3, -0.25) is 4.79 Å². The van der Waals surface area contributed by atoms with Crippen molar-refractivity contribution in [3.05, 3.63) is 69.7 Å². The molecule has 1 aliphatic heterocycles. The number of ether oxygens (including phenoxy) is 1. The Balaban J connectivity index is 1.57. The summed E-state index contributed by atoms with van der Waals surface area (Å²) in [7, 11) is 0. The van der Waals surface area contributed by atoms with Crippen LogP contribution in [0.25, 0.3) is 0 Å². The Morgan fingerprint density at radius 3 is 2.54 bits per heavy atom. The molecule has 0 aromatic heterocycles. The molecule has 0 aliphatic carbocycles. The molecule has 0 unspecified atom stereocenters. The Morgan fingerprint density at radius 2 is 1.88 bits per heavy atom. The Morgan fingerprint density at radius 1 is 1.12 bits per heavy atom. The van der Waals surface area contributed by atoms with E-state index in [9.17, 15) is 9.59 Å². The van der Waals surface area contributed by atoms with E-state index in [2.05, 4.69) is 15.9 Å². The van der Waals surface area contributed by atoms with Crippen molar-refractivity contribution in [2.24, 2.45) is 0 Å². The van der Waals surface area contributed by atoms with Crippen LogP contribution in [0.4, 0.5) is 0 Å². The van der Waals surface area contributed by atoms with Crippen LogP contribution in [0, 0.1) is 0 Å². The zero-order valence-corrected chi connectivity index (χ0v) is 14.8. The summed E-state index contributed by atoms with van der Waals surface area (Å²) >= 11 is 3.44. The van der Waals surface area contributed by atoms with Crippen LogP contribution in [0.5, 0.6) is 0 Å². The molecule has 2 aromatic carbocycles. The van der Waals surface area contributed by atoms with Crippen molar-refractivity contribution < 1.29 is 14.3 Å². The lowest BCUT2D eigenvalue weighted by Crippen LogP contribution is -2.23. The second-order valence-electron chi connectivity index (χ2n) is 5.78. The molecule has 0 saturated carbocycles. The molecule has 124 valence electrons. The van der Waals surface area contributed by atoms with E-state index in [0.29, 0.717) is 18.5 Å². The number of amides is 1. The van der Waals surface area contributed by atoms with Crippen LogP contribution in [-0.2, 0) is 22.7 Å². The molecule has 1 heterocycles. The van der Waals surface area contributed by atoms with E-state index in [1.54, 1.807) is 12.1 Å². The molecule has 4 nitrogen and oxygen atoms in total. The maximum Gasteiger partial charge on any atom is 0.338 e. The molecule has 2 aromatic rings. The number of rotatable bonds is 5. The summed E-state index contributed by atoms with van der Waals surface area (Å²) in [5, 5.41) is 0. The van der Waals surface area contributed by atoms with Gasteiger partial charge in [-0.15, -0.1) is 0 Å². The molecule has 1 amide bonds. The van der Waals surface area contributed by atoms with E-state index in [1.807, 2.05) is 41.3 Å². The van der Waals surface area contributed by atoms with Crippen LogP contribution >= 0.6 is 15.9 Å². The van der Waals surface area contributed by atoms with Gasteiger partial charge in [-0.25, -0.2) is 4.79 Å². The van der Waals surface area contributed by atoms with Gasteiger partial charge >= 0.3 is 5.97 Å². The first kappa shape index (κ1) is 16.7. The van der Waals surface area contributed by atoms with Gasteiger partial charge in [0, 0.05) is 29.5 Å². The minimum Gasteiger partial charge on any atom is -0.457 e. The summed E-state index contributed by atoms with van der Waals surface area (Å²) in [6.45, 7) is 1.64. The molecule has 1 aliphatic rings. The molecule has 1 saturated heterocycles. The number of esters is 1. The van der Waals surface area contributed by atoms with Crippen molar-refractivity contribution >= 4 is 27.8 Å². The molecule has 5 heteroatoms. The third-order valence-electron chi connectivity index (χ3n) is 4.05. The number of hydrogen-bond acceptors (Lipinski definition) is 3. The molecule has 0 N–H and O–H groups in total. The van der Waals surface area contributed by atoms with Gasteiger partial charge in [-0.05, 0) is 30.2 Å². The van der Waals surface area contributed by atoms with E-state index < -0.39 is 0 Å². The van der Waals surface area contributed by atoms with Crippen molar-refractivity contribution in [1.82, 2.24) is 4.90 Å². The summed E-state index contributed by atoms with van der Waals surface area (Å²) in [5.74, 6) is -0.151. The third-order valence-corrected chi connectivity index (χ3v) is 4.82. The minimum atomic E-state index is -0.352. The topological polar surface area (TPSA) is 46.6 Å². The molecule has 0 radical (unpaired) electrons. The number of halogens is 1. The van der Waals surface area contributed by atoms with Crippen LogP contribution < -0.4 is 0 Å². The first-order valence-corrected chi connectivity index (χ1v) is 8.70. The number of benzene rings is 2. The highest BCUT2D eigenvalue weighted by molar-refractivity contribution is 9.10. The van der Waals surface area contributed by atoms with Gasteiger partial charge in [0.2, 0.25) is 5.91 Å². The first-order valence-electron chi connectivity index (χ1n) is 7.91. The highest BCUT2D eigenvalue weighted by Gasteiger charge is 2.20. The van der Waals surface area contributed by atoms with Crippen molar-refractivity contribution in [3.63, 3.8) is 0 Å². The van der Waals surface area contributed by atoms with E-state index in [0.717, 1.165) is 28.6 Å². The van der Waals surface area contributed by atoms with Gasteiger partial charge in [-0.2, -0.15) is 0 Å². The summed E-state index contributed by atoms with van der Waals surface area (Å²) < 4.78 is 6.27. The van der Waals surface area contributed by atoms with Gasteiger partial charge in [0.05, 0.1) is 5.56 Å². The lowest BCUT2D eigenvalue weighted by molar-refractivity contribution is -0.128. The van der Waals surface area contributed by atoms with Gasteiger partial charge in [-0.1, -0.05) is 46.3 Å². The predicted molar refractivity (Wildman–Crippen MR) is 94.4 cm³/mol. The Kier molecular flexibility index (Phi) is 5.30. The summed E-state index contributed by atoms with van der Waals surface area (Å²) in [5.41, 5.74) is 2.46. The average Bonchev–Trinajstić information content (AvgIpc) is 2.99. The summed E-state index contributed by atoms with van der Waals surface area (Å²) in [4.78, 5) is 25.6. The quantitative estimate of drug-likeness (QED) is 0.730. The lowest BCUT2D eigenvalue weighted by atomic mass is 10.1. The second-order valence-corrected chi connectivity index (χ2v) is 6.64. The Hall–Kier alpha value is -2.14. The maximum atomic E-state index is 12.1. The molecule has 0 bridgehead atoms. The molecule has 0 spiro atoms. The van der Waals surface area contributed by atoms with Crippen LogP contribution in [0.1, 0.15) is 34.3 Å². The Labute approximate surface area is 149 Å². The van der Waals surface area contributed by atoms with Gasteiger partial charge < -0.3 is 9.64 Å². The molecule has 1 fully saturated rings. The van der Waals surface area contributed by atoms with Crippen LogP contribution in [0.3, 0.4) is 0 Å². The number of hydrogen-bond donors (Lipinski definition) is 0. The molecule has 24 heavy (non-hydrogen) atoms. The molecular weight excluding hydrogens is 370 g/mol. The van der Waals surface area contributed by atoms with Crippen molar-refractivity contribution in [2.75, 3.05) is 6.54 Å². The monoisotopic (exact) mass is 387 g/mol. The van der Waals surface area contributed by atoms with Gasteiger partial charge in [0.1, 0.15) is 6.61 Å². The maximum absolute atomic E-state index is 12.1. The highest BCUT2D eigenvalue weighted by atomic mass is 79.9. The van der Waals surface area contributed by atoms with E-state index in [-0.39, 0.29) is 18.5 Å². The van der Waals surface area contributed by atoms with E-state index in [4.69, 9.17) is 4.74 Å². The van der Waals surface area contributed by atoms with E-state index in [1.165, 1.54) is 0 Å². The number of likely N-dealkylation sites (tertiary alicyclic amines) is 1. The fraction of sp³-hybridized carbons (Fsp3) is 0.263. The third kappa shape index (κ3) is 4.03. The number of carbonyl (C=O) groups is 2. The van der Waals surface area contributed by atoms with Crippen molar-refractivity contribution in [1.29, 1.82) is 0 Å². The summed E-state index contributed by atoms with van der Waals surface area (Å²) in [6.07, 6.45) is 1.57. The molecule has 3 rings (SSSR count). The predicted octanol–water partition coefficient (Wildman–Crippen LogP) is 3.93. The van der Waals surface area contributed by atoms with E-state index >= 15 is 0 Å². The molecule has 0 atom stereocenters. The van der Waals surface area contributed by atoms with Crippen LogP contribution in [-0.4, -0.2) is 23.3 Å². The van der Waals surface area contributed by atoms with Gasteiger partial charge in [0.25, 0.3) is 0 Å². The fourth-order valence-electron chi connectivity index (χ4n) is 2.68.